The molecule has 1 aromatic heterocycles. The van der Waals surface area contributed by atoms with E-state index < -0.39 is 6.10 Å². The Morgan fingerprint density at radius 2 is 1.67 bits per heavy atom. The summed E-state index contributed by atoms with van der Waals surface area (Å²) in [5.74, 6) is 1.38. The van der Waals surface area contributed by atoms with Crippen LogP contribution in [0.5, 0.6) is 5.75 Å². The molecule has 1 heterocycles. The number of rotatable bonds is 9. The average Bonchev–Trinajstić information content (AvgIpc) is 3.16. The van der Waals surface area contributed by atoms with E-state index in [9.17, 15) is 5.11 Å². The largest absolute Gasteiger partial charge is 0.489 e. The molecule has 2 aromatic carbocycles. The normalized spacial score (nSPS) is 12.3. The molecule has 0 radical (unpaired) electrons. The predicted octanol–water partition coefficient (Wildman–Crippen LogP) is 5.03. The van der Waals surface area contributed by atoms with Crippen LogP contribution in [0.3, 0.4) is 0 Å². The van der Waals surface area contributed by atoms with Crippen molar-refractivity contribution in [1.82, 2.24) is 4.90 Å². The molecule has 1 atom stereocenters. The van der Waals surface area contributed by atoms with Gasteiger partial charge in [-0.2, -0.15) is 0 Å². The Kier molecular flexibility index (Phi) is 7.18. The fraction of sp³-hybridized carbons (Fsp3) is 0.238. The third-order valence-corrected chi connectivity index (χ3v) is 4.73. The van der Waals surface area contributed by atoms with E-state index in [1.165, 1.54) is 0 Å². The molecule has 0 aliphatic rings. The lowest BCUT2D eigenvalue weighted by atomic mass is 10.2. The molecule has 0 saturated heterocycles. The highest BCUT2D eigenvalue weighted by atomic mass is 35.5. The molecule has 0 aliphatic carbocycles. The highest BCUT2D eigenvalue weighted by Crippen LogP contribution is 2.23. The Morgan fingerprint density at radius 3 is 2.37 bits per heavy atom. The summed E-state index contributed by atoms with van der Waals surface area (Å²) in [6.07, 6.45) is 0.943. The monoisotopic (exact) mass is 405 g/mol. The number of nitrogens with zero attached hydrogens (tertiary/aromatic N) is 1. The molecule has 3 aromatic rings. The molecule has 0 saturated carbocycles. The van der Waals surface area contributed by atoms with Crippen molar-refractivity contribution in [2.24, 2.45) is 0 Å². The molecule has 0 aliphatic heterocycles. The lowest BCUT2D eigenvalue weighted by molar-refractivity contribution is 0.0605. The molecule has 6 heteroatoms. The first kappa shape index (κ1) is 19.8. The smallest absolute Gasteiger partial charge is 0.138 e. The van der Waals surface area contributed by atoms with Crippen molar-refractivity contribution in [3.8, 4) is 5.75 Å². The summed E-state index contributed by atoms with van der Waals surface area (Å²) in [5, 5.41) is 11.7. The van der Waals surface area contributed by atoms with Crippen LogP contribution in [0.1, 0.15) is 11.3 Å². The maximum absolute atomic E-state index is 10.5. The van der Waals surface area contributed by atoms with Gasteiger partial charge in [0.05, 0.1) is 17.8 Å². The minimum atomic E-state index is -0.696. The number of furan rings is 1. The predicted molar refractivity (Wildman–Crippen MR) is 107 cm³/mol. The van der Waals surface area contributed by atoms with Crippen LogP contribution in [0.15, 0.2) is 71.3 Å². The number of hydrogen-bond acceptors (Lipinski definition) is 4. The van der Waals surface area contributed by atoms with E-state index in [4.69, 9.17) is 32.4 Å². The minimum Gasteiger partial charge on any atom is -0.489 e. The third kappa shape index (κ3) is 6.01. The Labute approximate surface area is 168 Å². The van der Waals surface area contributed by atoms with Crippen molar-refractivity contribution in [2.75, 3.05) is 13.2 Å². The van der Waals surface area contributed by atoms with Gasteiger partial charge in [-0.15, -0.1) is 0 Å². The van der Waals surface area contributed by atoms with Crippen molar-refractivity contribution in [2.45, 2.75) is 19.2 Å². The lowest BCUT2D eigenvalue weighted by Gasteiger charge is -2.25. The second kappa shape index (κ2) is 9.81. The van der Waals surface area contributed by atoms with Crippen LogP contribution in [0.2, 0.25) is 10.0 Å². The summed E-state index contributed by atoms with van der Waals surface area (Å²) in [4.78, 5) is 2.07. The van der Waals surface area contributed by atoms with Crippen LogP contribution in [0.4, 0.5) is 0 Å². The summed E-state index contributed by atoms with van der Waals surface area (Å²) in [7, 11) is 0. The quantitative estimate of drug-likeness (QED) is 0.542. The van der Waals surface area contributed by atoms with Crippen molar-refractivity contribution in [1.29, 1.82) is 0 Å². The van der Waals surface area contributed by atoms with Crippen molar-refractivity contribution < 1.29 is 14.3 Å². The van der Waals surface area contributed by atoms with Crippen LogP contribution in [-0.2, 0) is 13.1 Å². The highest BCUT2D eigenvalue weighted by molar-refractivity contribution is 6.32. The van der Waals surface area contributed by atoms with Gasteiger partial charge in [0.25, 0.3) is 0 Å². The first-order chi connectivity index (χ1) is 13.1. The molecule has 27 heavy (non-hydrogen) atoms. The Morgan fingerprint density at radius 1 is 0.926 bits per heavy atom. The Hall–Kier alpha value is -1.98. The van der Waals surface area contributed by atoms with Gasteiger partial charge in [-0.3, -0.25) is 4.90 Å². The van der Waals surface area contributed by atoms with Crippen molar-refractivity contribution >= 4 is 23.2 Å². The SMILES string of the molecule is OC(COc1ccccc1Cl)CN(Cc1ccco1)Cc1ccccc1Cl. The summed E-state index contributed by atoms with van der Waals surface area (Å²) >= 11 is 12.4. The molecule has 0 bridgehead atoms. The van der Waals surface area contributed by atoms with Crippen LogP contribution in [0.25, 0.3) is 0 Å². The molecule has 142 valence electrons. The molecule has 0 fully saturated rings. The van der Waals surface area contributed by atoms with Crippen LogP contribution >= 0.6 is 23.2 Å². The van der Waals surface area contributed by atoms with E-state index in [0.717, 1.165) is 11.3 Å². The third-order valence-electron chi connectivity index (χ3n) is 4.05. The van der Waals surface area contributed by atoms with Crippen molar-refractivity contribution in [3.05, 3.63) is 88.3 Å². The van der Waals surface area contributed by atoms with E-state index in [-0.39, 0.29) is 6.61 Å². The number of aliphatic hydroxyl groups excluding tert-OH is 1. The molecule has 3 rings (SSSR count). The fourth-order valence-corrected chi connectivity index (χ4v) is 3.16. The highest BCUT2D eigenvalue weighted by Gasteiger charge is 2.16. The summed E-state index contributed by atoms with van der Waals surface area (Å²) in [6.45, 7) is 1.68. The first-order valence-electron chi connectivity index (χ1n) is 8.65. The molecule has 4 nitrogen and oxygen atoms in total. The number of benzene rings is 2. The van der Waals surface area contributed by atoms with E-state index >= 15 is 0 Å². The molecular formula is C21H21Cl2NO3. The Balaban J connectivity index is 1.63. The van der Waals surface area contributed by atoms with Gasteiger partial charge >= 0.3 is 0 Å². The van der Waals surface area contributed by atoms with E-state index in [0.29, 0.717) is 35.4 Å². The number of aliphatic hydroxyl groups is 1. The van der Waals surface area contributed by atoms with Gasteiger partial charge in [-0.1, -0.05) is 53.5 Å². The number of hydrogen-bond donors (Lipinski definition) is 1. The van der Waals surface area contributed by atoms with Gasteiger partial charge < -0.3 is 14.3 Å². The second-order valence-corrected chi connectivity index (χ2v) is 7.05. The lowest BCUT2D eigenvalue weighted by Crippen LogP contribution is -2.35. The maximum atomic E-state index is 10.5. The Bertz CT molecular complexity index is 839. The summed E-state index contributed by atoms with van der Waals surface area (Å²) in [5.41, 5.74) is 0.991. The van der Waals surface area contributed by atoms with Gasteiger partial charge in [0.1, 0.15) is 24.2 Å². The van der Waals surface area contributed by atoms with Crippen LogP contribution in [-0.4, -0.2) is 29.3 Å². The maximum Gasteiger partial charge on any atom is 0.138 e. The first-order valence-corrected chi connectivity index (χ1v) is 9.41. The van der Waals surface area contributed by atoms with E-state index in [2.05, 4.69) is 4.90 Å². The number of halogens is 2. The topological polar surface area (TPSA) is 45.8 Å². The fourth-order valence-electron chi connectivity index (χ4n) is 2.77. The van der Waals surface area contributed by atoms with Crippen LogP contribution in [0, 0.1) is 0 Å². The number of ether oxygens (including phenoxy) is 1. The zero-order chi connectivity index (χ0) is 19.1. The average molecular weight is 406 g/mol. The molecule has 1 N–H and O–H groups in total. The standard InChI is InChI=1S/C21H21Cl2NO3/c22-19-8-2-1-6-16(19)12-24(14-18-7-5-11-26-18)13-17(25)15-27-21-10-4-3-9-20(21)23/h1-11,17,25H,12-15H2. The number of para-hydroxylation sites is 1. The second-order valence-electron chi connectivity index (χ2n) is 6.24. The van der Waals surface area contributed by atoms with E-state index in [1.54, 1.807) is 18.4 Å². The molecule has 0 spiro atoms. The summed E-state index contributed by atoms with van der Waals surface area (Å²) < 4.78 is 11.1. The zero-order valence-electron chi connectivity index (χ0n) is 14.7. The van der Waals surface area contributed by atoms with Gasteiger partial charge in [0, 0.05) is 18.1 Å². The zero-order valence-corrected chi connectivity index (χ0v) is 16.2. The summed E-state index contributed by atoms with van der Waals surface area (Å²) in [6, 6.07) is 18.6. The van der Waals surface area contributed by atoms with Crippen molar-refractivity contribution in [3.63, 3.8) is 0 Å². The molecule has 0 amide bonds. The molecule has 1 unspecified atom stereocenters. The van der Waals surface area contributed by atoms with Gasteiger partial charge in [-0.25, -0.2) is 0 Å². The van der Waals surface area contributed by atoms with Gasteiger partial charge in [0.15, 0.2) is 0 Å². The van der Waals surface area contributed by atoms with Gasteiger partial charge in [-0.05, 0) is 35.9 Å². The van der Waals surface area contributed by atoms with Gasteiger partial charge in [0.2, 0.25) is 0 Å². The van der Waals surface area contributed by atoms with E-state index in [1.807, 2.05) is 48.5 Å². The molecular weight excluding hydrogens is 385 g/mol. The minimum absolute atomic E-state index is 0.140. The van der Waals surface area contributed by atoms with Crippen LogP contribution < -0.4 is 4.74 Å².